The fourth-order valence-corrected chi connectivity index (χ4v) is 2.31. The standard InChI is InChI=1S/C16H18ClN3O4/c1-10(9-23-2)19-13-8-18-20(15(21)14(13)17)12-6-4-11(5-7-12)16(22)24-3/h4-8,10,19H,9H2,1-3H3/t10-/m1/s1. The summed E-state index contributed by atoms with van der Waals surface area (Å²) in [5, 5.41) is 7.22. The van der Waals surface area contributed by atoms with E-state index in [4.69, 9.17) is 16.3 Å². The lowest BCUT2D eigenvalue weighted by molar-refractivity contribution is 0.0600. The van der Waals surface area contributed by atoms with Crippen molar-refractivity contribution in [2.45, 2.75) is 13.0 Å². The number of methoxy groups -OCH3 is 2. The smallest absolute Gasteiger partial charge is 0.337 e. The molecule has 7 nitrogen and oxygen atoms in total. The van der Waals surface area contributed by atoms with Gasteiger partial charge in [0.2, 0.25) is 0 Å². The number of carbonyl (C=O) groups excluding carboxylic acids is 1. The van der Waals surface area contributed by atoms with Gasteiger partial charge in [0.05, 0.1) is 36.9 Å². The molecular weight excluding hydrogens is 334 g/mol. The molecule has 128 valence electrons. The summed E-state index contributed by atoms with van der Waals surface area (Å²) in [6.45, 7) is 2.37. The topological polar surface area (TPSA) is 82.4 Å². The van der Waals surface area contributed by atoms with E-state index in [0.29, 0.717) is 23.5 Å². The molecule has 8 heteroatoms. The predicted molar refractivity (Wildman–Crippen MR) is 91.1 cm³/mol. The Balaban J connectivity index is 2.30. The van der Waals surface area contributed by atoms with Gasteiger partial charge in [0.1, 0.15) is 5.02 Å². The number of hydrogen-bond acceptors (Lipinski definition) is 6. The third-order valence-corrected chi connectivity index (χ3v) is 3.64. The first-order chi connectivity index (χ1) is 11.5. The number of hydrogen-bond donors (Lipinski definition) is 1. The molecule has 1 aromatic heterocycles. The quantitative estimate of drug-likeness (QED) is 0.803. The van der Waals surface area contributed by atoms with Gasteiger partial charge in [0.15, 0.2) is 0 Å². The van der Waals surface area contributed by atoms with Crippen LogP contribution in [0.1, 0.15) is 17.3 Å². The zero-order valence-electron chi connectivity index (χ0n) is 13.6. The molecule has 0 fully saturated rings. The monoisotopic (exact) mass is 351 g/mol. The number of ether oxygens (including phenoxy) is 2. The Labute approximate surface area is 144 Å². The highest BCUT2D eigenvalue weighted by atomic mass is 35.5. The molecule has 0 amide bonds. The molecule has 0 aliphatic carbocycles. The summed E-state index contributed by atoms with van der Waals surface area (Å²) in [5.74, 6) is -0.452. The highest BCUT2D eigenvalue weighted by molar-refractivity contribution is 6.32. The average Bonchev–Trinajstić information content (AvgIpc) is 2.59. The zero-order valence-corrected chi connectivity index (χ0v) is 14.3. The Hall–Kier alpha value is -2.38. The molecule has 0 bridgehead atoms. The second-order valence-corrected chi connectivity index (χ2v) is 5.51. The molecule has 2 aromatic rings. The van der Waals surface area contributed by atoms with E-state index in [9.17, 15) is 9.59 Å². The van der Waals surface area contributed by atoms with Crippen molar-refractivity contribution in [1.82, 2.24) is 9.78 Å². The molecule has 0 aliphatic rings. The Morgan fingerprint density at radius 2 is 2.00 bits per heavy atom. The number of nitrogens with one attached hydrogen (secondary N) is 1. The van der Waals surface area contributed by atoms with Crippen LogP contribution in [0.5, 0.6) is 0 Å². The second-order valence-electron chi connectivity index (χ2n) is 5.13. The van der Waals surface area contributed by atoms with Crippen LogP contribution in [0.25, 0.3) is 5.69 Å². The third kappa shape index (κ3) is 3.93. The summed E-state index contributed by atoms with van der Waals surface area (Å²) >= 11 is 6.15. The van der Waals surface area contributed by atoms with Crippen molar-refractivity contribution in [2.75, 3.05) is 26.1 Å². The molecule has 24 heavy (non-hydrogen) atoms. The molecule has 0 radical (unpaired) electrons. The summed E-state index contributed by atoms with van der Waals surface area (Å²) < 4.78 is 10.8. The third-order valence-electron chi connectivity index (χ3n) is 3.27. The fourth-order valence-electron chi connectivity index (χ4n) is 2.13. The van der Waals surface area contributed by atoms with Crippen LogP contribution in [-0.4, -0.2) is 42.6 Å². The molecule has 0 saturated heterocycles. The lowest BCUT2D eigenvalue weighted by atomic mass is 10.2. The lowest BCUT2D eigenvalue weighted by Gasteiger charge is -2.15. The molecule has 1 aromatic carbocycles. The van der Waals surface area contributed by atoms with Crippen LogP contribution >= 0.6 is 11.6 Å². The normalized spacial score (nSPS) is 11.8. The van der Waals surface area contributed by atoms with Gasteiger partial charge in [-0.1, -0.05) is 11.6 Å². The van der Waals surface area contributed by atoms with Crippen LogP contribution in [0.15, 0.2) is 35.3 Å². The van der Waals surface area contributed by atoms with Crippen molar-refractivity contribution in [3.05, 3.63) is 51.4 Å². The van der Waals surface area contributed by atoms with Crippen LogP contribution in [-0.2, 0) is 9.47 Å². The molecule has 1 heterocycles. The minimum atomic E-state index is -0.461. The van der Waals surface area contributed by atoms with E-state index < -0.39 is 11.5 Å². The van der Waals surface area contributed by atoms with Gasteiger partial charge < -0.3 is 14.8 Å². The zero-order chi connectivity index (χ0) is 17.7. The minimum absolute atomic E-state index is 0.0242. The van der Waals surface area contributed by atoms with Crippen LogP contribution in [0.3, 0.4) is 0 Å². The average molecular weight is 352 g/mol. The van der Waals surface area contributed by atoms with E-state index in [1.165, 1.54) is 13.3 Å². The van der Waals surface area contributed by atoms with E-state index in [1.807, 2.05) is 6.92 Å². The van der Waals surface area contributed by atoms with Gasteiger partial charge in [-0.25, -0.2) is 4.79 Å². The summed E-state index contributed by atoms with van der Waals surface area (Å²) in [6.07, 6.45) is 1.48. The van der Waals surface area contributed by atoms with Crippen LogP contribution in [0.2, 0.25) is 5.02 Å². The lowest BCUT2D eigenvalue weighted by Crippen LogP contribution is -2.26. The molecule has 0 aliphatic heterocycles. The van der Waals surface area contributed by atoms with E-state index in [1.54, 1.807) is 31.4 Å². The predicted octanol–water partition coefficient (Wildman–Crippen LogP) is 2.12. The largest absolute Gasteiger partial charge is 0.465 e. The van der Waals surface area contributed by atoms with Crippen molar-refractivity contribution in [3.8, 4) is 5.69 Å². The first kappa shape index (κ1) is 18.0. The van der Waals surface area contributed by atoms with Crippen LogP contribution < -0.4 is 10.9 Å². The number of nitrogens with zero attached hydrogens (tertiary/aromatic N) is 2. The van der Waals surface area contributed by atoms with Gasteiger partial charge in [0.25, 0.3) is 5.56 Å². The van der Waals surface area contributed by atoms with E-state index in [0.717, 1.165) is 4.68 Å². The van der Waals surface area contributed by atoms with Crippen LogP contribution in [0, 0.1) is 0 Å². The van der Waals surface area contributed by atoms with Crippen LogP contribution in [0.4, 0.5) is 5.69 Å². The summed E-state index contributed by atoms with van der Waals surface area (Å²) in [6, 6.07) is 6.27. The van der Waals surface area contributed by atoms with Crippen molar-refractivity contribution < 1.29 is 14.3 Å². The Morgan fingerprint density at radius 1 is 1.33 bits per heavy atom. The van der Waals surface area contributed by atoms with Gasteiger partial charge in [0, 0.05) is 13.2 Å². The molecule has 0 saturated carbocycles. The van der Waals surface area contributed by atoms with E-state index in [2.05, 4.69) is 15.2 Å². The molecule has 2 rings (SSSR count). The number of esters is 1. The van der Waals surface area contributed by atoms with Gasteiger partial charge in [-0.3, -0.25) is 4.79 Å². The van der Waals surface area contributed by atoms with Gasteiger partial charge in [-0.2, -0.15) is 9.78 Å². The molecule has 1 atom stereocenters. The second kappa shape index (κ2) is 7.94. The maximum Gasteiger partial charge on any atom is 0.337 e. The number of carbonyl (C=O) groups is 1. The molecule has 1 N–H and O–H groups in total. The number of aromatic nitrogens is 2. The van der Waals surface area contributed by atoms with Gasteiger partial charge in [-0.05, 0) is 31.2 Å². The maximum absolute atomic E-state index is 12.4. The Bertz CT molecular complexity index is 774. The summed E-state index contributed by atoms with van der Waals surface area (Å²) in [7, 11) is 2.90. The van der Waals surface area contributed by atoms with Gasteiger partial charge in [-0.15, -0.1) is 0 Å². The molecule has 0 unspecified atom stereocenters. The number of benzene rings is 1. The summed E-state index contributed by atoms with van der Waals surface area (Å²) in [5.41, 5.74) is 0.851. The van der Waals surface area contributed by atoms with Crippen molar-refractivity contribution in [1.29, 1.82) is 0 Å². The number of anilines is 1. The highest BCUT2D eigenvalue weighted by Gasteiger charge is 2.13. The first-order valence-corrected chi connectivity index (χ1v) is 7.57. The maximum atomic E-state index is 12.4. The molecular formula is C16H18ClN3O4. The van der Waals surface area contributed by atoms with Crippen molar-refractivity contribution in [3.63, 3.8) is 0 Å². The Morgan fingerprint density at radius 3 is 2.58 bits per heavy atom. The number of halogens is 1. The van der Waals surface area contributed by atoms with Crippen molar-refractivity contribution in [2.24, 2.45) is 0 Å². The SMILES string of the molecule is COC[C@@H](C)Nc1cnn(-c2ccc(C(=O)OC)cc2)c(=O)c1Cl. The highest BCUT2D eigenvalue weighted by Crippen LogP contribution is 2.18. The first-order valence-electron chi connectivity index (χ1n) is 7.20. The fraction of sp³-hybridized carbons (Fsp3) is 0.312. The van der Waals surface area contributed by atoms with Gasteiger partial charge >= 0.3 is 5.97 Å². The molecule has 0 spiro atoms. The minimum Gasteiger partial charge on any atom is -0.465 e. The van der Waals surface area contributed by atoms with Crippen molar-refractivity contribution >= 4 is 23.3 Å². The van der Waals surface area contributed by atoms with E-state index >= 15 is 0 Å². The Kier molecular flexibility index (Phi) is 5.94. The van der Waals surface area contributed by atoms with E-state index in [-0.39, 0.29) is 11.1 Å². The summed E-state index contributed by atoms with van der Waals surface area (Å²) in [4.78, 5) is 23.8. The number of rotatable bonds is 6.